The van der Waals surface area contributed by atoms with E-state index in [0.717, 1.165) is 38.4 Å². The number of aromatic nitrogens is 1. The van der Waals surface area contributed by atoms with Gasteiger partial charge in [0.1, 0.15) is 5.82 Å². The number of nitrogens with zero attached hydrogens (tertiary/aromatic N) is 3. The van der Waals surface area contributed by atoms with Crippen molar-refractivity contribution < 1.29 is 4.79 Å². The standard InChI is InChI=1S/C15H24N4O/c1-12(2)10-15(20)19-7-3-6-18(8-9-19)14-5-4-13(16)11-17-14/h4-5,11-12H,3,6-10,16H2,1-2H3. The van der Waals surface area contributed by atoms with Crippen LogP contribution in [-0.2, 0) is 4.79 Å². The Bertz CT molecular complexity index is 444. The molecule has 2 N–H and O–H groups in total. The SMILES string of the molecule is CC(C)CC(=O)N1CCCN(c2ccc(N)cn2)CC1. The Kier molecular flexibility index (Phi) is 4.82. The minimum Gasteiger partial charge on any atom is -0.397 e. The molecule has 0 spiro atoms. The van der Waals surface area contributed by atoms with Gasteiger partial charge in [0.05, 0.1) is 11.9 Å². The lowest BCUT2D eigenvalue weighted by Crippen LogP contribution is -2.35. The number of hydrogen-bond donors (Lipinski definition) is 1. The highest BCUT2D eigenvalue weighted by Crippen LogP contribution is 2.16. The van der Waals surface area contributed by atoms with Crippen LogP contribution >= 0.6 is 0 Å². The van der Waals surface area contributed by atoms with E-state index in [-0.39, 0.29) is 5.91 Å². The van der Waals surface area contributed by atoms with E-state index in [1.807, 2.05) is 17.0 Å². The minimum absolute atomic E-state index is 0.270. The molecule has 2 rings (SSSR count). The fraction of sp³-hybridized carbons (Fsp3) is 0.600. The second-order valence-electron chi connectivity index (χ2n) is 5.77. The first kappa shape index (κ1) is 14.6. The van der Waals surface area contributed by atoms with Crippen molar-refractivity contribution in [2.45, 2.75) is 26.7 Å². The average molecular weight is 276 g/mol. The fourth-order valence-electron chi connectivity index (χ4n) is 2.46. The zero-order valence-corrected chi connectivity index (χ0v) is 12.4. The Labute approximate surface area is 120 Å². The summed E-state index contributed by atoms with van der Waals surface area (Å²) in [6.45, 7) is 7.55. The van der Waals surface area contributed by atoms with E-state index in [0.29, 0.717) is 18.0 Å². The lowest BCUT2D eigenvalue weighted by atomic mass is 10.1. The summed E-state index contributed by atoms with van der Waals surface area (Å²) >= 11 is 0. The maximum atomic E-state index is 12.1. The Morgan fingerprint density at radius 3 is 2.75 bits per heavy atom. The van der Waals surface area contributed by atoms with Gasteiger partial charge in [0.15, 0.2) is 0 Å². The molecule has 110 valence electrons. The molecule has 5 heteroatoms. The van der Waals surface area contributed by atoms with Gasteiger partial charge in [-0.3, -0.25) is 4.79 Å². The first-order chi connectivity index (χ1) is 9.56. The van der Waals surface area contributed by atoms with Gasteiger partial charge in [-0.15, -0.1) is 0 Å². The maximum Gasteiger partial charge on any atom is 0.222 e. The van der Waals surface area contributed by atoms with E-state index in [4.69, 9.17) is 5.73 Å². The zero-order valence-electron chi connectivity index (χ0n) is 12.4. The normalized spacial score (nSPS) is 16.4. The molecule has 20 heavy (non-hydrogen) atoms. The third-order valence-corrected chi connectivity index (χ3v) is 3.53. The molecule has 5 nitrogen and oxygen atoms in total. The topological polar surface area (TPSA) is 62.5 Å². The summed E-state index contributed by atoms with van der Waals surface area (Å²) in [6.07, 6.45) is 3.30. The van der Waals surface area contributed by atoms with E-state index < -0.39 is 0 Å². The number of carbonyl (C=O) groups is 1. The predicted octanol–water partition coefficient (Wildman–Crippen LogP) is 1.75. The minimum atomic E-state index is 0.270. The Balaban J connectivity index is 1.95. The third-order valence-electron chi connectivity index (χ3n) is 3.53. The van der Waals surface area contributed by atoms with Gasteiger partial charge in [-0.1, -0.05) is 13.8 Å². The van der Waals surface area contributed by atoms with Crippen LogP contribution in [0.3, 0.4) is 0 Å². The number of nitrogen functional groups attached to an aromatic ring is 1. The fourth-order valence-corrected chi connectivity index (χ4v) is 2.46. The van der Waals surface area contributed by atoms with Crippen LogP contribution in [0.2, 0.25) is 0 Å². The van der Waals surface area contributed by atoms with Gasteiger partial charge in [-0.25, -0.2) is 4.98 Å². The number of nitrogens with two attached hydrogens (primary N) is 1. The summed E-state index contributed by atoms with van der Waals surface area (Å²) in [5, 5.41) is 0. The van der Waals surface area contributed by atoms with Gasteiger partial charge in [-0.05, 0) is 24.5 Å². The molecule has 0 bridgehead atoms. The molecule has 0 saturated carbocycles. The van der Waals surface area contributed by atoms with Gasteiger partial charge in [-0.2, -0.15) is 0 Å². The van der Waals surface area contributed by atoms with E-state index in [1.165, 1.54) is 0 Å². The van der Waals surface area contributed by atoms with Crippen LogP contribution in [0.5, 0.6) is 0 Å². The van der Waals surface area contributed by atoms with Gasteiger partial charge >= 0.3 is 0 Å². The van der Waals surface area contributed by atoms with Gasteiger partial charge < -0.3 is 15.5 Å². The molecule has 0 atom stereocenters. The van der Waals surface area contributed by atoms with Crippen LogP contribution in [0, 0.1) is 5.92 Å². The highest BCUT2D eigenvalue weighted by molar-refractivity contribution is 5.76. The first-order valence-electron chi connectivity index (χ1n) is 7.30. The van der Waals surface area contributed by atoms with E-state index in [1.54, 1.807) is 6.20 Å². The molecule has 1 aromatic rings. The van der Waals surface area contributed by atoms with Crippen LogP contribution in [0.4, 0.5) is 11.5 Å². The quantitative estimate of drug-likeness (QED) is 0.913. The number of anilines is 2. The molecule has 1 saturated heterocycles. The summed E-state index contributed by atoms with van der Waals surface area (Å²) in [6, 6.07) is 3.82. The van der Waals surface area contributed by atoms with Crippen LogP contribution in [0.1, 0.15) is 26.7 Å². The van der Waals surface area contributed by atoms with Crippen molar-refractivity contribution in [3.63, 3.8) is 0 Å². The van der Waals surface area contributed by atoms with Crippen LogP contribution in [0.15, 0.2) is 18.3 Å². The predicted molar refractivity (Wildman–Crippen MR) is 81.5 cm³/mol. The lowest BCUT2D eigenvalue weighted by Gasteiger charge is -2.23. The molecule has 0 radical (unpaired) electrons. The monoisotopic (exact) mass is 276 g/mol. The van der Waals surface area contributed by atoms with Crippen molar-refractivity contribution in [2.75, 3.05) is 36.8 Å². The van der Waals surface area contributed by atoms with Gasteiger partial charge in [0, 0.05) is 32.6 Å². The van der Waals surface area contributed by atoms with E-state index in [9.17, 15) is 4.79 Å². The second-order valence-corrected chi connectivity index (χ2v) is 5.77. The number of carbonyl (C=O) groups excluding carboxylic acids is 1. The van der Waals surface area contributed by atoms with Crippen molar-refractivity contribution in [3.05, 3.63) is 18.3 Å². The first-order valence-corrected chi connectivity index (χ1v) is 7.30. The maximum absolute atomic E-state index is 12.1. The molecule has 2 heterocycles. The molecule has 0 aliphatic carbocycles. The summed E-state index contributed by atoms with van der Waals surface area (Å²) in [4.78, 5) is 20.7. The summed E-state index contributed by atoms with van der Waals surface area (Å²) in [7, 11) is 0. The molecule has 1 aliphatic rings. The van der Waals surface area contributed by atoms with Crippen molar-refractivity contribution in [3.8, 4) is 0 Å². The summed E-state index contributed by atoms with van der Waals surface area (Å²) in [5.74, 6) is 1.63. The molecule has 1 aromatic heterocycles. The van der Waals surface area contributed by atoms with Crippen molar-refractivity contribution in [1.82, 2.24) is 9.88 Å². The highest BCUT2D eigenvalue weighted by atomic mass is 16.2. The zero-order chi connectivity index (χ0) is 14.5. The molecule has 1 amide bonds. The lowest BCUT2D eigenvalue weighted by molar-refractivity contribution is -0.131. The molecule has 0 unspecified atom stereocenters. The number of rotatable bonds is 3. The Morgan fingerprint density at radius 2 is 2.10 bits per heavy atom. The van der Waals surface area contributed by atoms with Gasteiger partial charge in [0.2, 0.25) is 5.91 Å². The van der Waals surface area contributed by atoms with E-state index in [2.05, 4.69) is 23.7 Å². The number of hydrogen-bond acceptors (Lipinski definition) is 4. The average Bonchev–Trinajstić information content (AvgIpc) is 2.64. The van der Waals surface area contributed by atoms with Crippen LogP contribution in [0.25, 0.3) is 0 Å². The largest absolute Gasteiger partial charge is 0.397 e. The van der Waals surface area contributed by atoms with E-state index >= 15 is 0 Å². The van der Waals surface area contributed by atoms with Crippen molar-refractivity contribution >= 4 is 17.4 Å². The third kappa shape index (κ3) is 3.85. The summed E-state index contributed by atoms with van der Waals surface area (Å²) < 4.78 is 0. The second kappa shape index (κ2) is 6.59. The number of amides is 1. The molecular weight excluding hydrogens is 252 g/mol. The van der Waals surface area contributed by atoms with Crippen molar-refractivity contribution in [2.24, 2.45) is 5.92 Å². The smallest absolute Gasteiger partial charge is 0.222 e. The number of pyridine rings is 1. The Hall–Kier alpha value is -1.78. The molecular formula is C15H24N4O. The van der Waals surface area contributed by atoms with Crippen molar-refractivity contribution in [1.29, 1.82) is 0 Å². The summed E-state index contributed by atoms with van der Waals surface area (Å²) in [5.41, 5.74) is 6.34. The highest BCUT2D eigenvalue weighted by Gasteiger charge is 2.20. The van der Waals surface area contributed by atoms with Gasteiger partial charge in [0.25, 0.3) is 0 Å². The molecule has 1 fully saturated rings. The van der Waals surface area contributed by atoms with Crippen LogP contribution < -0.4 is 10.6 Å². The molecule has 0 aromatic carbocycles. The van der Waals surface area contributed by atoms with Crippen LogP contribution in [-0.4, -0.2) is 42.0 Å². The Morgan fingerprint density at radius 1 is 1.30 bits per heavy atom. The molecule has 1 aliphatic heterocycles.